The molecule has 1 saturated carbocycles. The van der Waals surface area contributed by atoms with Crippen LogP contribution in [0.5, 0.6) is 0 Å². The van der Waals surface area contributed by atoms with Crippen molar-refractivity contribution in [3.8, 4) is 0 Å². The summed E-state index contributed by atoms with van der Waals surface area (Å²) in [6.45, 7) is 1.86. The van der Waals surface area contributed by atoms with Crippen LogP contribution in [0, 0.1) is 18.8 Å². The summed E-state index contributed by atoms with van der Waals surface area (Å²) in [4.78, 5) is 27.5. The maximum atomic E-state index is 12.2. The molecule has 0 aliphatic heterocycles. The Morgan fingerprint density at radius 2 is 2.00 bits per heavy atom. The topological polar surface area (TPSA) is 79.3 Å². The first kappa shape index (κ1) is 13.5. The van der Waals surface area contributed by atoms with Crippen LogP contribution in [0.2, 0.25) is 0 Å². The molecule has 2 N–H and O–H groups in total. The molecule has 0 saturated heterocycles. The summed E-state index contributed by atoms with van der Waals surface area (Å²) in [5.74, 6) is -1.61. The predicted molar refractivity (Wildman–Crippen MR) is 70.7 cm³/mol. The van der Waals surface area contributed by atoms with Gasteiger partial charge in [-0.25, -0.2) is 4.98 Å². The fourth-order valence-electron chi connectivity index (χ4n) is 2.57. The van der Waals surface area contributed by atoms with Crippen molar-refractivity contribution in [2.75, 3.05) is 5.32 Å². The van der Waals surface area contributed by atoms with Crippen molar-refractivity contribution in [3.05, 3.63) is 23.9 Å². The minimum atomic E-state index is -0.877. The Hall–Kier alpha value is -1.91. The van der Waals surface area contributed by atoms with Gasteiger partial charge in [0.2, 0.25) is 5.91 Å². The molecule has 0 unspecified atom stereocenters. The highest BCUT2D eigenvalue weighted by Crippen LogP contribution is 2.31. The minimum absolute atomic E-state index is 0.228. The van der Waals surface area contributed by atoms with Gasteiger partial charge < -0.3 is 10.4 Å². The second-order valence-electron chi connectivity index (χ2n) is 4.99. The number of carbonyl (C=O) groups excluding carboxylic acids is 1. The van der Waals surface area contributed by atoms with Crippen LogP contribution in [-0.4, -0.2) is 22.0 Å². The summed E-state index contributed by atoms with van der Waals surface area (Å²) in [7, 11) is 0. The van der Waals surface area contributed by atoms with Gasteiger partial charge in [-0.05, 0) is 31.4 Å². The second-order valence-corrected chi connectivity index (χ2v) is 4.99. The van der Waals surface area contributed by atoms with Gasteiger partial charge in [0.15, 0.2) is 0 Å². The fraction of sp³-hybridized carbons (Fsp3) is 0.500. The summed E-state index contributed by atoms with van der Waals surface area (Å²) in [6, 6.07) is 3.66. The molecule has 0 aromatic carbocycles. The SMILES string of the molecule is Cc1cccnc1NC(=O)[C@H]1CCCC[C@H]1C(=O)O. The summed E-state index contributed by atoms with van der Waals surface area (Å²) in [5.41, 5.74) is 0.874. The summed E-state index contributed by atoms with van der Waals surface area (Å²) < 4.78 is 0. The highest BCUT2D eigenvalue weighted by atomic mass is 16.4. The number of hydrogen-bond acceptors (Lipinski definition) is 3. The van der Waals surface area contributed by atoms with E-state index in [1.54, 1.807) is 12.3 Å². The number of pyridine rings is 1. The molecule has 1 aromatic heterocycles. The van der Waals surface area contributed by atoms with Gasteiger partial charge in [0.1, 0.15) is 5.82 Å². The first-order chi connectivity index (χ1) is 9.09. The summed E-state index contributed by atoms with van der Waals surface area (Å²) in [5, 5.41) is 11.9. The van der Waals surface area contributed by atoms with Crippen LogP contribution in [-0.2, 0) is 9.59 Å². The zero-order chi connectivity index (χ0) is 13.8. The molecular weight excluding hydrogens is 244 g/mol. The van der Waals surface area contributed by atoms with Gasteiger partial charge in [0, 0.05) is 6.20 Å². The number of nitrogens with zero attached hydrogens (tertiary/aromatic N) is 1. The summed E-state index contributed by atoms with van der Waals surface area (Å²) in [6.07, 6.45) is 4.61. The number of carboxylic acid groups (broad SMARTS) is 1. The highest BCUT2D eigenvalue weighted by Gasteiger charge is 2.35. The third kappa shape index (κ3) is 3.10. The van der Waals surface area contributed by atoms with Crippen LogP contribution < -0.4 is 5.32 Å². The van der Waals surface area contributed by atoms with Crippen LogP contribution in [0.15, 0.2) is 18.3 Å². The van der Waals surface area contributed by atoms with E-state index in [9.17, 15) is 14.7 Å². The molecule has 0 spiro atoms. The van der Waals surface area contributed by atoms with E-state index in [1.807, 2.05) is 13.0 Å². The quantitative estimate of drug-likeness (QED) is 0.875. The Bertz CT molecular complexity index is 487. The third-order valence-electron chi connectivity index (χ3n) is 3.67. The Morgan fingerprint density at radius 1 is 1.32 bits per heavy atom. The number of aryl methyl sites for hydroxylation is 1. The van der Waals surface area contributed by atoms with Crippen molar-refractivity contribution < 1.29 is 14.7 Å². The number of nitrogens with one attached hydrogen (secondary N) is 1. The van der Waals surface area contributed by atoms with Gasteiger partial charge in [-0.3, -0.25) is 9.59 Å². The van der Waals surface area contributed by atoms with Crippen molar-refractivity contribution in [1.29, 1.82) is 0 Å². The number of anilines is 1. The zero-order valence-corrected chi connectivity index (χ0v) is 10.9. The van der Waals surface area contributed by atoms with Gasteiger partial charge in [-0.15, -0.1) is 0 Å². The van der Waals surface area contributed by atoms with E-state index < -0.39 is 17.8 Å². The zero-order valence-electron chi connectivity index (χ0n) is 10.9. The maximum Gasteiger partial charge on any atom is 0.307 e. The number of hydrogen-bond donors (Lipinski definition) is 2. The average molecular weight is 262 g/mol. The largest absolute Gasteiger partial charge is 0.481 e. The van der Waals surface area contributed by atoms with E-state index >= 15 is 0 Å². The van der Waals surface area contributed by atoms with Gasteiger partial charge in [0.05, 0.1) is 11.8 Å². The molecule has 1 amide bonds. The van der Waals surface area contributed by atoms with Gasteiger partial charge >= 0.3 is 5.97 Å². The van der Waals surface area contributed by atoms with Crippen molar-refractivity contribution in [3.63, 3.8) is 0 Å². The first-order valence-corrected chi connectivity index (χ1v) is 6.55. The lowest BCUT2D eigenvalue weighted by Gasteiger charge is -2.27. The number of aromatic nitrogens is 1. The van der Waals surface area contributed by atoms with Crippen LogP contribution >= 0.6 is 0 Å². The van der Waals surface area contributed by atoms with Crippen molar-refractivity contribution >= 4 is 17.7 Å². The molecule has 5 heteroatoms. The monoisotopic (exact) mass is 262 g/mol. The van der Waals surface area contributed by atoms with E-state index in [4.69, 9.17) is 0 Å². The minimum Gasteiger partial charge on any atom is -0.481 e. The lowest BCUT2D eigenvalue weighted by atomic mass is 9.78. The van der Waals surface area contributed by atoms with E-state index in [-0.39, 0.29) is 5.91 Å². The number of rotatable bonds is 3. The lowest BCUT2D eigenvalue weighted by molar-refractivity contribution is -0.147. The van der Waals surface area contributed by atoms with Gasteiger partial charge in [-0.1, -0.05) is 18.9 Å². The number of carbonyl (C=O) groups is 2. The van der Waals surface area contributed by atoms with Gasteiger partial charge in [-0.2, -0.15) is 0 Å². The van der Waals surface area contributed by atoms with Crippen LogP contribution in [0.4, 0.5) is 5.82 Å². The number of carboxylic acids is 1. The highest BCUT2D eigenvalue weighted by molar-refractivity contribution is 5.94. The molecule has 0 bridgehead atoms. The molecule has 2 atom stereocenters. The predicted octanol–water partition coefficient (Wildman–Crippen LogP) is 2.22. The number of amides is 1. The van der Waals surface area contributed by atoms with E-state index in [1.165, 1.54) is 0 Å². The third-order valence-corrected chi connectivity index (χ3v) is 3.67. The van der Waals surface area contributed by atoms with E-state index in [0.29, 0.717) is 18.7 Å². The Labute approximate surface area is 112 Å². The Balaban J connectivity index is 2.10. The molecule has 102 valence electrons. The molecule has 1 fully saturated rings. The fourth-order valence-corrected chi connectivity index (χ4v) is 2.57. The van der Waals surface area contributed by atoms with E-state index in [2.05, 4.69) is 10.3 Å². The van der Waals surface area contributed by atoms with Gasteiger partial charge in [0.25, 0.3) is 0 Å². The van der Waals surface area contributed by atoms with Crippen molar-refractivity contribution in [1.82, 2.24) is 4.98 Å². The molecule has 1 aliphatic carbocycles. The molecular formula is C14H18N2O3. The lowest BCUT2D eigenvalue weighted by Crippen LogP contribution is -2.36. The molecule has 0 radical (unpaired) electrons. The molecule has 1 aliphatic rings. The molecule has 2 rings (SSSR count). The Kier molecular flexibility index (Phi) is 4.14. The maximum absolute atomic E-state index is 12.2. The molecule has 19 heavy (non-hydrogen) atoms. The van der Waals surface area contributed by atoms with Crippen molar-refractivity contribution in [2.24, 2.45) is 11.8 Å². The molecule has 5 nitrogen and oxygen atoms in total. The standard InChI is InChI=1S/C14H18N2O3/c1-9-5-4-8-15-12(9)16-13(17)10-6-2-3-7-11(10)14(18)19/h4-5,8,10-11H,2-3,6-7H2,1H3,(H,18,19)(H,15,16,17)/t10-,11+/m0/s1. The normalized spacial score (nSPS) is 22.8. The number of aliphatic carboxylic acids is 1. The smallest absolute Gasteiger partial charge is 0.307 e. The Morgan fingerprint density at radius 3 is 2.63 bits per heavy atom. The molecule has 1 aromatic rings. The van der Waals surface area contributed by atoms with Crippen LogP contribution in [0.3, 0.4) is 0 Å². The second kappa shape index (κ2) is 5.82. The van der Waals surface area contributed by atoms with Crippen LogP contribution in [0.25, 0.3) is 0 Å². The van der Waals surface area contributed by atoms with Crippen molar-refractivity contribution in [2.45, 2.75) is 32.6 Å². The first-order valence-electron chi connectivity index (χ1n) is 6.55. The molecule has 1 heterocycles. The van der Waals surface area contributed by atoms with Crippen LogP contribution in [0.1, 0.15) is 31.2 Å². The van der Waals surface area contributed by atoms with E-state index in [0.717, 1.165) is 18.4 Å². The average Bonchev–Trinajstić information content (AvgIpc) is 2.41. The summed E-state index contributed by atoms with van der Waals surface area (Å²) >= 11 is 0.